The lowest BCUT2D eigenvalue weighted by Crippen LogP contribution is -2.21. The van der Waals surface area contributed by atoms with Crippen LogP contribution in [0.3, 0.4) is 0 Å². The van der Waals surface area contributed by atoms with Crippen molar-refractivity contribution >= 4 is 17.0 Å². The fourth-order valence-corrected chi connectivity index (χ4v) is 2.85. The van der Waals surface area contributed by atoms with E-state index in [-0.39, 0.29) is 6.23 Å². The molecule has 0 spiro atoms. The number of fused-ring (bicyclic) bond motifs is 1. The molecule has 2 aromatic heterocycles. The lowest BCUT2D eigenvalue weighted by atomic mass is 10.1. The van der Waals surface area contributed by atoms with Crippen molar-refractivity contribution in [1.82, 2.24) is 24.4 Å². The largest absolute Gasteiger partial charge is 0.355 e. The first-order valence-corrected chi connectivity index (χ1v) is 7.90. The van der Waals surface area contributed by atoms with Crippen molar-refractivity contribution < 1.29 is 4.74 Å². The van der Waals surface area contributed by atoms with Crippen LogP contribution in [0, 0.1) is 0 Å². The van der Waals surface area contributed by atoms with E-state index in [1.54, 1.807) is 6.33 Å². The molecule has 22 heavy (non-hydrogen) atoms. The van der Waals surface area contributed by atoms with Crippen LogP contribution >= 0.6 is 0 Å². The standard InChI is InChI=1S/C15H24N6O/c1-4-5-11-6-7-12(22-11)21-10-18-13-14(19-9-20(2)3)16-8-17-15(13)21/h8,10-12H,4-7,9H2,1-3H3,(H,16,17,19). The van der Waals surface area contributed by atoms with Crippen LogP contribution < -0.4 is 5.32 Å². The second-order valence-electron chi connectivity index (χ2n) is 6.04. The fraction of sp³-hybridized carbons (Fsp3) is 0.667. The average molecular weight is 304 g/mol. The highest BCUT2D eigenvalue weighted by atomic mass is 16.5. The van der Waals surface area contributed by atoms with Gasteiger partial charge < -0.3 is 10.1 Å². The number of hydrogen-bond acceptors (Lipinski definition) is 6. The Morgan fingerprint density at radius 3 is 2.95 bits per heavy atom. The number of nitrogens with one attached hydrogen (secondary N) is 1. The molecule has 1 fully saturated rings. The third kappa shape index (κ3) is 3.05. The first-order valence-electron chi connectivity index (χ1n) is 7.90. The highest BCUT2D eigenvalue weighted by Crippen LogP contribution is 2.32. The van der Waals surface area contributed by atoms with E-state index in [9.17, 15) is 0 Å². The fourth-order valence-electron chi connectivity index (χ4n) is 2.85. The average Bonchev–Trinajstić information content (AvgIpc) is 3.11. The molecule has 0 radical (unpaired) electrons. The summed E-state index contributed by atoms with van der Waals surface area (Å²) < 4.78 is 8.16. The summed E-state index contributed by atoms with van der Waals surface area (Å²) in [5, 5.41) is 3.28. The molecule has 7 nitrogen and oxygen atoms in total. The highest BCUT2D eigenvalue weighted by Gasteiger charge is 2.27. The molecule has 3 heterocycles. The third-order valence-corrected chi connectivity index (χ3v) is 3.93. The zero-order valence-corrected chi connectivity index (χ0v) is 13.5. The van der Waals surface area contributed by atoms with Crippen molar-refractivity contribution in [1.29, 1.82) is 0 Å². The van der Waals surface area contributed by atoms with Gasteiger partial charge in [0.25, 0.3) is 0 Å². The molecule has 0 saturated carbocycles. The monoisotopic (exact) mass is 304 g/mol. The molecule has 2 atom stereocenters. The smallest absolute Gasteiger partial charge is 0.167 e. The number of imidazole rings is 1. The Bertz CT molecular complexity index is 626. The summed E-state index contributed by atoms with van der Waals surface area (Å²) in [6.07, 6.45) is 8.20. The van der Waals surface area contributed by atoms with E-state index in [1.165, 1.54) is 0 Å². The molecule has 0 bridgehead atoms. The first kappa shape index (κ1) is 15.2. The quantitative estimate of drug-likeness (QED) is 0.826. The Hall–Kier alpha value is -1.73. The van der Waals surface area contributed by atoms with Gasteiger partial charge in [0.15, 0.2) is 17.0 Å². The molecule has 1 aliphatic heterocycles. The summed E-state index contributed by atoms with van der Waals surface area (Å²) in [5.41, 5.74) is 1.63. The SMILES string of the molecule is CCCC1CCC(n2cnc3c(NCN(C)C)ncnc32)O1. The van der Waals surface area contributed by atoms with Gasteiger partial charge in [0.05, 0.1) is 19.1 Å². The van der Waals surface area contributed by atoms with E-state index in [0.717, 1.165) is 42.7 Å². The molecule has 1 N–H and O–H groups in total. The summed E-state index contributed by atoms with van der Waals surface area (Å²) in [5.74, 6) is 0.764. The molecule has 1 aliphatic rings. The lowest BCUT2D eigenvalue weighted by molar-refractivity contribution is 0.000459. The van der Waals surface area contributed by atoms with Gasteiger partial charge in [-0.2, -0.15) is 0 Å². The number of rotatable bonds is 6. The number of ether oxygens (including phenoxy) is 1. The molecule has 0 aliphatic carbocycles. The summed E-state index contributed by atoms with van der Waals surface area (Å²) >= 11 is 0. The maximum Gasteiger partial charge on any atom is 0.167 e. The van der Waals surface area contributed by atoms with Crippen LogP contribution in [0.4, 0.5) is 5.82 Å². The maximum absolute atomic E-state index is 6.13. The normalized spacial score (nSPS) is 21.8. The van der Waals surface area contributed by atoms with Crippen molar-refractivity contribution in [3.8, 4) is 0 Å². The van der Waals surface area contributed by atoms with Gasteiger partial charge >= 0.3 is 0 Å². The van der Waals surface area contributed by atoms with Crippen molar-refractivity contribution in [2.24, 2.45) is 0 Å². The Labute approximate surface area is 130 Å². The molecule has 0 aromatic carbocycles. The van der Waals surface area contributed by atoms with Gasteiger partial charge in [-0.25, -0.2) is 15.0 Å². The minimum Gasteiger partial charge on any atom is -0.355 e. The number of nitrogens with zero attached hydrogens (tertiary/aromatic N) is 5. The molecule has 1 saturated heterocycles. The Morgan fingerprint density at radius 1 is 1.32 bits per heavy atom. The topological polar surface area (TPSA) is 68.1 Å². The highest BCUT2D eigenvalue weighted by molar-refractivity contribution is 5.82. The van der Waals surface area contributed by atoms with Crippen LogP contribution in [0.5, 0.6) is 0 Å². The van der Waals surface area contributed by atoms with Gasteiger partial charge in [0, 0.05) is 0 Å². The molecule has 3 rings (SSSR count). The van der Waals surface area contributed by atoms with Gasteiger partial charge in [-0.3, -0.25) is 9.47 Å². The van der Waals surface area contributed by atoms with Crippen LogP contribution in [0.1, 0.15) is 38.8 Å². The van der Waals surface area contributed by atoms with Gasteiger partial charge in [0.1, 0.15) is 12.6 Å². The van der Waals surface area contributed by atoms with Crippen molar-refractivity contribution in [3.63, 3.8) is 0 Å². The zero-order valence-electron chi connectivity index (χ0n) is 13.5. The Balaban J connectivity index is 1.82. The van der Waals surface area contributed by atoms with Crippen molar-refractivity contribution in [2.75, 3.05) is 26.1 Å². The molecule has 7 heteroatoms. The first-order chi connectivity index (χ1) is 10.7. The lowest BCUT2D eigenvalue weighted by Gasteiger charge is -2.15. The van der Waals surface area contributed by atoms with E-state index in [4.69, 9.17) is 4.74 Å². The molecule has 120 valence electrons. The maximum atomic E-state index is 6.13. The predicted octanol–water partition coefficient (Wildman–Crippen LogP) is 2.24. The van der Waals surface area contributed by atoms with Crippen molar-refractivity contribution in [2.45, 2.75) is 44.9 Å². The second-order valence-corrected chi connectivity index (χ2v) is 6.04. The van der Waals surface area contributed by atoms with E-state index in [2.05, 4.69) is 27.2 Å². The number of hydrogen-bond donors (Lipinski definition) is 1. The summed E-state index contributed by atoms with van der Waals surface area (Å²) in [4.78, 5) is 15.2. The van der Waals surface area contributed by atoms with E-state index in [1.807, 2.05) is 29.9 Å². The van der Waals surface area contributed by atoms with Crippen LogP contribution in [-0.2, 0) is 4.74 Å². The second kappa shape index (κ2) is 6.58. The minimum absolute atomic E-state index is 0.0400. The molecule has 2 unspecified atom stereocenters. The van der Waals surface area contributed by atoms with Gasteiger partial charge in [-0.1, -0.05) is 13.3 Å². The van der Waals surface area contributed by atoms with Gasteiger partial charge in [-0.05, 0) is 33.4 Å². The van der Waals surface area contributed by atoms with Crippen LogP contribution in [0.15, 0.2) is 12.7 Å². The summed E-state index contributed by atoms with van der Waals surface area (Å²) in [6, 6.07) is 0. The summed E-state index contributed by atoms with van der Waals surface area (Å²) in [7, 11) is 4.01. The van der Waals surface area contributed by atoms with E-state index < -0.39 is 0 Å². The van der Waals surface area contributed by atoms with Crippen LogP contribution in [0.25, 0.3) is 11.2 Å². The number of anilines is 1. The Morgan fingerprint density at radius 2 is 2.18 bits per heavy atom. The van der Waals surface area contributed by atoms with Gasteiger partial charge in [-0.15, -0.1) is 0 Å². The molecular weight excluding hydrogens is 280 g/mol. The zero-order chi connectivity index (χ0) is 15.5. The van der Waals surface area contributed by atoms with E-state index in [0.29, 0.717) is 12.8 Å². The Kier molecular flexibility index (Phi) is 4.54. The molecule has 0 amide bonds. The third-order valence-electron chi connectivity index (χ3n) is 3.93. The predicted molar refractivity (Wildman–Crippen MR) is 85.6 cm³/mol. The number of aromatic nitrogens is 4. The van der Waals surface area contributed by atoms with Crippen molar-refractivity contribution in [3.05, 3.63) is 12.7 Å². The van der Waals surface area contributed by atoms with Crippen LogP contribution in [-0.4, -0.2) is 51.3 Å². The molecular formula is C15H24N6O. The summed E-state index contributed by atoms with van der Waals surface area (Å²) in [6.45, 7) is 2.90. The van der Waals surface area contributed by atoms with E-state index >= 15 is 0 Å². The van der Waals surface area contributed by atoms with Crippen LogP contribution in [0.2, 0.25) is 0 Å². The molecule has 2 aromatic rings. The minimum atomic E-state index is 0.0400. The van der Waals surface area contributed by atoms with Gasteiger partial charge in [0.2, 0.25) is 0 Å².